The third-order valence-electron chi connectivity index (χ3n) is 4.47. The Morgan fingerprint density at radius 2 is 2.04 bits per heavy atom. The average Bonchev–Trinajstić information content (AvgIpc) is 3.19. The van der Waals surface area contributed by atoms with E-state index in [1.54, 1.807) is 17.7 Å². The molecule has 0 unspecified atom stereocenters. The predicted octanol–water partition coefficient (Wildman–Crippen LogP) is 2.59. The van der Waals surface area contributed by atoms with Crippen LogP contribution in [0.2, 0.25) is 10.2 Å². The fraction of sp³-hybridized carbons (Fsp3) is 0.333. The van der Waals surface area contributed by atoms with E-state index in [9.17, 15) is 4.79 Å². The van der Waals surface area contributed by atoms with E-state index >= 15 is 0 Å². The van der Waals surface area contributed by atoms with Crippen LogP contribution in [0.5, 0.6) is 0 Å². The molecule has 1 aliphatic heterocycles. The van der Waals surface area contributed by atoms with Gasteiger partial charge in [-0.15, -0.1) is 0 Å². The van der Waals surface area contributed by atoms with E-state index in [0.29, 0.717) is 29.2 Å². The summed E-state index contributed by atoms with van der Waals surface area (Å²) >= 11 is 12.1. The zero-order chi connectivity index (χ0) is 18.7. The molecule has 0 spiro atoms. The highest BCUT2D eigenvalue weighted by molar-refractivity contribution is 6.41. The number of hydrogen-bond donors (Lipinski definition) is 2. The number of halogens is 2. The SMILES string of the molecule is CN=C(NCC(=O)N1CCc2ccccc21)NCc1cc(Cl)c(Cl)n1C. The Morgan fingerprint density at radius 3 is 2.73 bits per heavy atom. The molecule has 26 heavy (non-hydrogen) atoms. The van der Waals surface area contributed by atoms with Gasteiger partial charge in [-0.05, 0) is 24.1 Å². The van der Waals surface area contributed by atoms with Crippen LogP contribution in [-0.4, -0.2) is 36.6 Å². The molecule has 2 heterocycles. The van der Waals surface area contributed by atoms with Gasteiger partial charge in [0.2, 0.25) is 5.91 Å². The van der Waals surface area contributed by atoms with Gasteiger partial charge in [0.1, 0.15) is 5.15 Å². The van der Waals surface area contributed by atoms with Gasteiger partial charge in [-0.3, -0.25) is 9.79 Å². The summed E-state index contributed by atoms with van der Waals surface area (Å²) in [4.78, 5) is 18.5. The van der Waals surface area contributed by atoms with E-state index in [4.69, 9.17) is 23.2 Å². The van der Waals surface area contributed by atoms with E-state index < -0.39 is 0 Å². The molecule has 3 rings (SSSR count). The Hall–Kier alpha value is -2.18. The van der Waals surface area contributed by atoms with Crippen LogP contribution in [0.4, 0.5) is 5.69 Å². The standard InChI is InChI=1S/C18H21Cl2N5O/c1-21-18(22-10-13-9-14(19)17(20)24(13)2)23-11-16(26)25-8-7-12-5-3-4-6-15(12)25/h3-6,9H,7-8,10-11H2,1-2H3,(H2,21,22,23). The molecule has 1 aliphatic rings. The van der Waals surface area contributed by atoms with Crippen molar-refractivity contribution in [1.29, 1.82) is 0 Å². The first-order chi connectivity index (χ1) is 12.5. The first kappa shape index (κ1) is 18.6. The smallest absolute Gasteiger partial charge is 0.246 e. The van der Waals surface area contributed by atoms with E-state index in [0.717, 1.165) is 17.8 Å². The van der Waals surface area contributed by atoms with Gasteiger partial charge in [0.15, 0.2) is 5.96 Å². The lowest BCUT2D eigenvalue weighted by Gasteiger charge is -2.19. The van der Waals surface area contributed by atoms with Crippen molar-refractivity contribution >= 4 is 40.8 Å². The van der Waals surface area contributed by atoms with Crippen LogP contribution < -0.4 is 15.5 Å². The van der Waals surface area contributed by atoms with Gasteiger partial charge >= 0.3 is 0 Å². The Morgan fingerprint density at radius 1 is 1.27 bits per heavy atom. The number of rotatable bonds is 4. The summed E-state index contributed by atoms with van der Waals surface area (Å²) in [5.41, 5.74) is 3.12. The third kappa shape index (κ3) is 3.81. The second-order valence-electron chi connectivity index (χ2n) is 6.04. The molecule has 6 nitrogen and oxygen atoms in total. The highest BCUT2D eigenvalue weighted by Gasteiger charge is 2.23. The largest absolute Gasteiger partial charge is 0.351 e. The molecule has 1 aromatic heterocycles. The molecule has 0 saturated heterocycles. The molecule has 8 heteroatoms. The van der Waals surface area contributed by atoms with Gasteiger partial charge in [0.05, 0.1) is 18.1 Å². The van der Waals surface area contributed by atoms with Gasteiger partial charge in [-0.1, -0.05) is 41.4 Å². The fourth-order valence-corrected chi connectivity index (χ4v) is 3.42. The fourth-order valence-electron chi connectivity index (χ4n) is 3.01. The second-order valence-corrected chi connectivity index (χ2v) is 6.80. The molecular weight excluding hydrogens is 373 g/mol. The summed E-state index contributed by atoms with van der Waals surface area (Å²) in [5.74, 6) is 0.558. The van der Waals surface area contributed by atoms with Crippen molar-refractivity contribution in [2.24, 2.45) is 12.0 Å². The van der Waals surface area contributed by atoms with Crippen LogP contribution >= 0.6 is 23.2 Å². The number of carbonyl (C=O) groups is 1. The molecule has 1 aromatic carbocycles. The Balaban J connectivity index is 1.54. The number of guanidine groups is 1. The monoisotopic (exact) mass is 393 g/mol. The van der Waals surface area contributed by atoms with Crippen molar-refractivity contribution in [3.05, 3.63) is 51.8 Å². The molecule has 0 aliphatic carbocycles. The van der Waals surface area contributed by atoms with Crippen LogP contribution in [-0.2, 0) is 24.8 Å². The maximum absolute atomic E-state index is 12.5. The topological polar surface area (TPSA) is 61.7 Å². The number of aliphatic imine (C=N–C) groups is 1. The van der Waals surface area contributed by atoms with Gasteiger partial charge < -0.3 is 20.1 Å². The van der Waals surface area contributed by atoms with Crippen LogP contribution in [0.3, 0.4) is 0 Å². The predicted molar refractivity (Wildman–Crippen MR) is 106 cm³/mol. The molecule has 2 aromatic rings. The molecule has 0 fully saturated rings. The van der Waals surface area contributed by atoms with Gasteiger partial charge in [-0.2, -0.15) is 0 Å². The van der Waals surface area contributed by atoms with Crippen molar-refractivity contribution in [2.75, 3.05) is 25.0 Å². The molecule has 0 bridgehead atoms. The summed E-state index contributed by atoms with van der Waals surface area (Å²) in [6.45, 7) is 1.37. The zero-order valence-electron chi connectivity index (χ0n) is 14.7. The molecule has 1 amide bonds. The van der Waals surface area contributed by atoms with Gasteiger partial charge in [0.25, 0.3) is 0 Å². The third-order valence-corrected chi connectivity index (χ3v) is 5.31. The van der Waals surface area contributed by atoms with Crippen molar-refractivity contribution in [3.8, 4) is 0 Å². The summed E-state index contributed by atoms with van der Waals surface area (Å²) in [7, 11) is 3.51. The number of hydrogen-bond acceptors (Lipinski definition) is 2. The van der Waals surface area contributed by atoms with Crippen molar-refractivity contribution in [2.45, 2.75) is 13.0 Å². The molecule has 2 N–H and O–H groups in total. The molecule has 0 saturated carbocycles. The number of amides is 1. The van der Waals surface area contributed by atoms with Crippen LogP contribution in [0, 0.1) is 0 Å². The van der Waals surface area contributed by atoms with E-state index in [2.05, 4.69) is 21.7 Å². The summed E-state index contributed by atoms with van der Waals surface area (Å²) in [6, 6.07) is 9.80. The molecule has 0 atom stereocenters. The van der Waals surface area contributed by atoms with E-state index in [-0.39, 0.29) is 12.5 Å². The minimum atomic E-state index is 0.0165. The maximum Gasteiger partial charge on any atom is 0.246 e. The van der Waals surface area contributed by atoms with Crippen molar-refractivity contribution in [3.63, 3.8) is 0 Å². The number of carbonyl (C=O) groups excluding carboxylic acids is 1. The number of benzene rings is 1. The highest BCUT2D eigenvalue weighted by Crippen LogP contribution is 2.27. The number of aromatic nitrogens is 1. The van der Waals surface area contributed by atoms with Gasteiger partial charge in [0, 0.05) is 32.0 Å². The van der Waals surface area contributed by atoms with Crippen molar-refractivity contribution < 1.29 is 4.79 Å². The molecule has 0 radical (unpaired) electrons. The Labute approximate surface area is 162 Å². The lowest BCUT2D eigenvalue weighted by molar-refractivity contribution is -0.117. The van der Waals surface area contributed by atoms with Crippen molar-refractivity contribution in [1.82, 2.24) is 15.2 Å². The van der Waals surface area contributed by atoms with E-state index in [1.165, 1.54) is 5.56 Å². The zero-order valence-corrected chi connectivity index (χ0v) is 16.2. The quantitative estimate of drug-likeness (QED) is 0.619. The lowest BCUT2D eigenvalue weighted by atomic mass is 10.2. The molecule has 138 valence electrons. The van der Waals surface area contributed by atoms with Crippen LogP contribution in [0.1, 0.15) is 11.3 Å². The maximum atomic E-state index is 12.5. The number of nitrogens with one attached hydrogen (secondary N) is 2. The first-order valence-corrected chi connectivity index (χ1v) is 9.09. The minimum absolute atomic E-state index is 0.0165. The van der Waals surface area contributed by atoms with Gasteiger partial charge in [-0.25, -0.2) is 0 Å². The van der Waals surface area contributed by atoms with Crippen LogP contribution in [0.25, 0.3) is 0 Å². The van der Waals surface area contributed by atoms with E-state index in [1.807, 2.05) is 30.1 Å². The minimum Gasteiger partial charge on any atom is -0.351 e. The molecular formula is C18H21Cl2N5O. The summed E-state index contributed by atoms with van der Waals surface area (Å²) in [6.07, 6.45) is 0.893. The highest BCUT2D eigenvalue weighted by atomic mass is 35.5. The lowest BCUT2D eigenvalue weighted by Crippen LogP contribution is -2.44. The second kappa shape index (κ2) is 8.01. The summed E-state index contributed by atoms with van der Waals surface area (Å²) in [5, 5.41) is 7.23. The number of anilines is 1. The first-order valence-electron chi connectivity index (χ1n) is 8.33. The number of nitrogens with zero attached hydrogens (tertiary/aromatic N) is 3. The number of para-hydroxylation sites is 1. The summed E-state index contributed by atoms with van der Waals surface area (Å²) < 4.78 is 1.80. The average molecular weight is 394 g/mol. The Kier molecular flexibility index (Phi) is 5.74. The number of fused-ring (bicyclic) bond motifs is 1. The Bertz CT molecular complexity index is 846. The normalized spacial score (nSPS) is 13.7. The van der Waals surface area contributed by atoms with Crippen LogP contribution in [0.15, 0.2) is 35.3 Å².